The normalized spacial score (nSPS) is 10.1. The van der Waals surface area contributed by atoms with Crippen LogP contribution in [-0.4, -0.2) is 22.2 Å². The Morgan fingerprint density at radius 3 is 2.94 bits per heavy atom. The maximum atomic E-state index is 11.7. The van der Waals surface area contributed by atoms with Crippen LogP contribution in [0.25, 0.3) is 0 Å². The van der Waals surface area contributed by atoms with Crippen LogP contribution < -0.4 is 10.6 Å². The van der Waals surface area contributed by atoms with Crippen LogP contribution in [0.5, 0.6) is 0 Å². The van der Waals surface area contributed by atoms with Gasteiger partial charge >= 0.3 is 0 Å². The van der Waals surface area contributed by atoms with Crippen molar-refractivity contribution >= 4 is 33.3 Å². The van der Waals surface area contributed by atoms with E-state index in [0.29, 0.717) is 5.82 Å². The van der Waals surface area contributed by atoms with E-state index in [9.17, 15) is 4.79 Å². The fraction of sp³-hybridized carbons (Fsp3) is 0.167. The van der Waals surface area contributed by atoms with E-state index in [1.165, 1.54) is 0 Å². The number of halogens is 1. The molecule has 94 valence electrons. The van der Waals surface area contributed by atoms with E-state index in [2.05, 4.69) is 31.7 Å². The maximum Gasteiger partial charge on any atom is 0.243 e. The number of anilines is 2. The molecule has 0 saturated carbocycles. The van der Waals surface area contributed by atoms with Crippen molar-refractivity contribution in [3.8, 4) is 0 Å². The van der Waals surface area contributed by atoms with Crippen LogP contribution in [0.2, 0.25) is 0 Å². The van der Waals surface area contributed by atoms with Gasteiger partial charge in [0, 0.05) is 29.5 Å². The zero-order valence-corrected chi connectivity index (χ0v) is 11.4. The van der Waals surface area contributed by atoms with Gasteiger partial charge in [0.1, 0.15) is 5.82 Å². The molecular weight excluding hydrogens is 296 g/mol. The minimum atomic E-state index is -0.112. The minimum Gasteiger partial charge on any atom is -0.360 e. The molecule has 1 amide bonds. The second kappa shape index (κ2) is 5.68. The van der Waals surface area contributed by atoms with Crippen LogP contribution in [0, 0.1) is 0 Å². The molecule has 0 atom stereocenters. The molecule has 2 rings (SSSR count). The molecule has 1 aromatic heterocycles. The summed E-state index contributed by atoms with van der Waals surface area (Å²) in [6.07, 6.45) is 1.81. The third-order valence-electron chi connectivity index (χ3n) is 2.25. The number of hydrogen-bond acceptors (Lipinski definition) is 3. The van der Waals surface area contributed by atoms with Crippen molar-refractivity contribution in [3.63, 3.8) is 0 Å². The van der Waals surface area contributed by atoms with Crippen molar-refractivity contribution in [2.45, 2.75) is 0 Å². The Bertz CT molecular complexity index is 553. The van der Waals surface area contributed by atoms with Crippen LogP contribution in [0.15, 0.2) is 41.0 Å². The first kappa shape index (κ1) is 12.6. The van der Waals surface area contributed by atoms with E-state index >= 15 is 0 Å². The molecule has 1 heterocycles. The van der Waals surface area contributed by atoms with Crippen LogP contribution >= 0.6 is 15.9 Å². The quantitative estimate of drug-likeness (QED) is 0.910. The fourth-order valence-corrected chi connectivity index (χ4v) is 1.85. The predicted molar refractivity (Wildman–Crippen MR) is 74.5 cm³/mol. The van der Waals surface area contributed by atoms with Crippen molar-refractivity contribution in [3.05, 3.63) is 41.0 Å². The van der Waals surface area contributed by atoms with Gasteiger partial charge in [-0.25, -0.2) is 0 Å². The Morgan fingerprint density at radius 2 is 2.28 bits per heavy atom. The molecule has 5 nitrogen and oxygen atoms in total. The lowest BCUT2D eigenvalue weighted by Gasteiger charge is -2.06. The average molecular weight is 309 g/mol. The Balaban J connectivity index is 1.85. The average Bonchev–Trinajstić information content (AvgIpc) is 2.73. The highest BCUT2D eigenvalue weighted by Gasteiger charge is 2.03. The number of hydrogen-bond donors (Lipinski definition) is 2. The van der Waals surface area contributed by atoms with Gasteiger partial charge < -0.3 is 10.6 Å². The first-order valence-electron chi connectivity index (χ1n) is 5.42. The van der Waals surface area contributed by atoms with Crippen molar-refractivity contribution in [2.24, 2.45) is 7.05 Å². The van der Waals surface area contributed by atoms with Crippen molar-refractivity contribution in [1.82, 2.24) is 9.78 Å². The molecule has 0 bridgehead atoms. The Labute approximate surface area is 113 Å². The molecular formula is C12H13BrN4O. The van der Waals surface area contributed by atoms with Gasteiger partial charge in [0.25, 0.3) is 0 Å². The molecule has 0 spiro atoms. The van der Waals surface area contributed by atoms with Crippen LogP contribution in [0.4, 0.5) is 11.5 Å². The lowest BCUT2D eigenvalue weighted by molar-refractivity contribution is -0.114. The summed E-state index contributed by atoms with van der Waals surface area (Å²) in [7, 11) is 1.83. The largest absolute Gasteiger partial charge is 0.360 e. The molecule has 0 saturated heterocycles. The Kier molecular flexibility index (Phi) is 3.99. The number of aromatic nitrogens is 2. The fourth-order valence-electron chi connectivity index (χ4n) is 1.45. The predicted octanol–water partition coefficient (Wildman–Crippen LogP) is 2.23. The van der Waals surface area contributed by atoms with Crippen LogP contribution in [0.3, 0.4) is 0 Å². The molecule has 0 aliphatic rings. The number of nitrogens with zero attached hydrogens (tertiary/aromatic N) is 2. The summed E-state index contributed by atoms with van der Waals surface area (Å²) in [5, 5.41) is 9.86. The molecule has 2 N–H and O–H groups in total. The summed E-state index contributed by atoms with van der Waals surface area (Å²) in [5.41, 5.74) is 0.761. The van der Waals surface area contributed by atoms with Gasteiger partial charge in [-0.15, -0.1) is 0 Å². The second-order valence-corrected chi connectivity index (χ2v) is 4.70. The third-order valence-corrected chi connectivity index (χ3v) is 2.75. The van der Waals surface area contributed by atoms with E-state index in [1.54, 1.807) is 4.68 Å². The SMILES string of the molecule is Cn1ccc(NCC(=O)Nc2cccc(Br)c2)n1. The summed E-state index contributed by atoms with van der Waals surface area (Å²) in [4.78, 5) is 11.7. The van der Waals surface area contributed by atoms with Gasteiger partial charge in [-0.05, 0) is 18.2 Å². The van der Waals surface area contributed by atoms with Crippen molar-refractivity contribution in [1.29, 1.82) is 0 Å². The first-order valence-corrected chi connectivity index (χ1v) is 6.22. The molecule has 18 heavy (non-hydrogen) atoms. The molecule has 0 unspecified atom stereocenters. The first-order chi connectivity index (χ1) is 8.63. The Hall–Kier alpha value is -1.82. The highest BCUT2D eigenvalue weighted by Crippen LogP contribution is 2.15. The van der Waals surface area contributed by atoms with E-state index in [-0.39, 0.29) is 12.5 Å². The molecule has 0 radical (unpaired) electrons. The number of nitrogens with one attached hydrogen (secondary N) is 2. The van der Waals surface area contributed by atoms with E-state index in [4.69, 9.17) is 0 Å². The summed E-state index contributed by atoms with van der Waals surface area (Å²) >= 11 is 3.35. The lowest BCUT2D eigenvalue weighted by atomic mass is 10.3. The van der Waals surface area contributed by atoms with E-state index in [1.807, 2.05) is 43.6 Å². The summed E-state index contributed by atoms with van der Waals surface area (Å²) < 4.78 is 2.60. The minimum absolute atomic E-state index is 0.112. The number of aryl methyl sites for hydroxylation is 1. The Morgan fingerprint density at radius 1 is 1.44 bits per heavy atom. The number of carbonyl (C=O) groups excluding carboxylic acids is 1. The monoisotopic (exact) mass is 308 g/mol. The van der Waals surface area contributed by atoms with Gasteiger partial charge in [0.15, 0.2) is 0 Å². The number of benzene rings is 1. The standard InChI is InChI=1S/C12H13BrN4O/c1-17-6-5-11(16-17)14-8-12(18)15-10-4-2-3-9(13)7-10/h2-7H,8H2,1H3,(H,14,16)(H,15,18). The molecule has 2 aromatic rings. The van der Waals surface area contributed by atoms with Gasteiger partial charge in [-0.2, -0.15) is 5.10 Å². The number of amides is 1. The van der Waals surface area contributed by atoms with E-state index < -0.39 is 0 Å². The van der Waals surface area contributed by atoms with Crippen LogP contribution in [0.1, 0.15) is 0 Å². The zero-order valence-electron chi connectivity index (χ0n) is 9.85. The third kappa shape index (κ3) is 3.59. The molecule has 1 aromatic carbocycles. The van der Waals surface area contributed by atoms with Gasteiger partial charge in [-0.3, -0.25) is 9.48 Å². The number of rotatable bonds is 4. The molecule has 0 aliphatic heterocycles. The summed E-state index contributed by atoms with van der Waals surface area (Å²) in [6.45, 7) is 0.184. The van der Waals surface area contributed by atoms with Crippen molar-refractivity contribution < 1.29 is 4.79 Å². The summed E-state index contributed by atoms with van der Waals surface area (Å²) in [6, 6.07) is 9.27. The molecule has 0 fully saturated rings. The number of carbonyl (C=O) groups is 1. The maximum absolute atomic E-state index is 11.7. The highest BCUT2D eigenvalue weighted by molar-refractivity contribution is 9.10. The van der Waals surface area contributed by atoms with Crippen molar-refractivity contribution in [2.75, 3.05) is 17.2 Å². The smallest absolute Gasteiger partial charge is 0.243 e. The highest BCUT2D eigenvalue weighted by atomic mass is 79.9. The summed E-state index contributed by atoms with van der Waals surface area (Å²) in [5.74, 6) is 0.570. The topological polar surface area (TPSA) is 59.0 Å². The second-order valence-electron chi connectivity index (χ2n) is 3.79. The van der Waals surface area contributed by atoms with Gasteiger partial charge in [0.2, 0.25) is 5.91 Å². The van der Waals surface area contributed by atoms with Gasteiger partial charge in [0.05, 0.1) is 6.54 Å². The zero-order chi connectivity index (χ0) is 13.0. The molecule has 6 heteroatoms. The van der Waals surface area contributed by atoms with Crippen LogP contribution in [-0.2, 0) is 11.8 Å². The van der Waals surface area contributed by atoms with E-state index in [0.717, 1.165) is 10.2 Å². The molecule has 0 aliphatic carbocycles. The lowest BCUT2D eigenvalue weighted by Crippen LogP contribution is -2.21. The van der Waals surface area contributed by atoms with Gasteiger partial charge in [-0.1, -0.05) is 22.0 Å².